The van der Waals surface area contributed by atoms with Crippen LogP contribution in [0.25, 0.3) is 0 Å². The van der Waals surface area contributed by atoms with Crippen LogP contribution in [-0.4, -0.2) is 67.3 Å². The first kappa shape index (κ1) is 29.4. The Balaban J connectivity index is 1.26. The Bertz CT molecular complexity index is 1550. The van der Waals surface area contributed by atoms with Crippen molar-refractivity contribution in [2.75, 3.05) is 19.6 Å². The summed E-state index contributed by atoms with van der Waals surface area (Å²) in [6.45, 7) is 2.54. The zero-order valence-electron chi connectivity index (χ0n) is 24.8. The summed E-state index contributed by atoms with van der Waals surface area (Å²) in [5, 5.41) is 18.4. The first-order valence-corrected chi connectivity index (χ1v) is 15.7. The van der Waals surface area contributed by atoms with E-state index >= 15 is 0 Å². The molecule has 1 saturated heterocycles. The lowest BCUT2D eigenvalue weighted by Gasteiger charge is -2.45. The highest BCUT2D eigenvalue weighted by atomic mass is 35.5. The number of nitrogens with zero attached hydrogens (tertiary/aromatic N) is 5. The number of carbonyl (C=O) groups is 3. The van der Waals surface area contributed by atoms with E-state index in [4.69, 9.17) is 16.3 Å². The summed E-state index contributed by atoms with van der Waals surface area (Å²) in [5.74, 6) is -0.818. The molecule has 3 aliphatic carbocycles. The molecule has 3 saturated carbocycles. The highest BCUT2D eigenvalue weighted by Crippen LogP contribution is 2.59. The van der Waals surface area contributed by atoms with Gasteiger partial charge in [0.1, 0.15) is 23.7 Å². The van der Waals surface area contributed by atoms with Crippen LogP contribution in [0.5, 0.6) is 5.75 Å². The van der Waals surface area contributed by atoms with Gasteiger partial charge in [-0.3, -0.25) is 14.4 Å². The molecule has 0 radical (unpaired) electrons. The fourth-order valence-corrected chi connectivity index (χ4v) is 8.32. The molecule has 0 bridgehead atoms. The number of alkyl halides is 2. The van der Waals surface area contributed by atoms with Crippen LogP contribution in [0.2, 0.25) is 5.02 Å². The Hall–Kier alpha value is -3.28. The standard InChI is InChI=1S/C31H36ClF2N5O5/c1-30(29(42)43)11-17-9-16(17)10-19(30)28(41)39-8-5-18-20(32)3-4-23(44-14-21-26(27(33)34)37(2)36-35-21)25(18)22(39)13-38-15-31(6-7-31)12-24(38)40/h3-4,16-17,19,22,27H,5-15H2,1-2H3,(H,42,43)/t16?,17-,19-,22+,30-/m0/s1. The van der Waals surface area contributed by atoms with Crippen LogP contribution >= 0.6 is 11.6 Å². The van der Waals surface area contributed by atoms with E-state index in [-0.39, 0.29) is 41.8 Å². The predicted molar refractivity (Wildman–Crippen MR) is 153 cm³/mol. The molecule has 44 heavy (non-hydrogen) atoms. The molecule has 13 heteroatoms. The number of rotatable bonds is 8. The van der Waals surface area contributed by atoms with Crippen molar-refractivity contribution < 1.29 is 33.0 Å². The average Bonchev–Trinajstić information content (AvgIpc) is 3.85. The lowest BCUT2D eigenvalue weighted by Crippen LogP contribution is -2.53. The lowest BCUT2D eigenvalue weighted by atomic mass is 9.66. The third-order valence-electron chi connectivity index (χ3n) is 11.0. The molecule has 1 aromatic carbocycles. The van der Waals surface area contributed by atoms with Gasteiger partial charge in [0.25, 0.3) is 6.43 Å². The number of ether oxygens (including phenoxy) is 1. The van der Waals surface area contributed by atoms with Crippen LogP contribution in [0.1, 0.15) is 80.4 Å². The van der Waals surface area contributed by atoms with E-state index in [1.54, 1.807) is 24.0 Å². The molecule has 10 nitrogen and oxygen atoms in total. The van der Waals surface area contributed by atoms with Crippen LogP contribution in [0.4, 0.5) is 8.78 Å². The van der Waals surface area contributed by atoms with E-state index in [1.807, 2.05) is 4.90 Å². The topological polar surface area (TPSA) is 118 Å². The van der Waals surface area contributed by atoms with Crippen LogP contribution in [0, 0.1) is 28.6 Å². The molecule has 7 rings (SSSR count). The fourth-order valence-electron chi connectivity index (χ4n) is 8.06. The summed E-state index contributed by atoms with van der Waals surface area (Å²) in [6.07, 6.45) is 2.01. The van der Waals surface area contributed by atoms with E-state index in [0.717, 1.165) is 29.5 Å². The van der Waals surface area contributed by atoms with Crippen LogP contribution in [-0.2, 0) is 34.5 Å². The molecular weight excluding hydrogens is 596 g/mol. The van der Waals surface area contributed by atoms with Gasteiger partial charge in [0.05, 0.1) is 17.4 Å². The number of amides is 2. The summed E-state index contributed by atoms with van der Waals surface area (Å²) >= 11 is 6.71. The first-order valence-electron chi connectivity index (χ1n) is 15.3. The highest BCUT2D eigenvalue weighted by molar-refractivity contribution is 6.31. The van der Waals surface area contributed by atoms with Gasteiger partial charge in [-0.15, -0.1) is 5.10 Å². The van der Waals surface area contributed by atoms with Crippen LogP contribution in [0.15, 0.2) is 12.1 Å². The number of carboxylic acids is 1. The number of aliphatic carboxylic acids is 1. The van der Waals surface area contributed by atoms with E-state index in [9.17, 15) is 28.3 Å². The van der Waals surface area contributed by atoms with E-state index in [2.05, 4.69) is 10.3 Å². The Morgan fingerprint density at radius 3 is 2.68 bits per heavy atom. The summed E-state index contributed by atoms with van der Waals surface area (Å²) in [6, 6.07) is 2.69. The van der Waals surface area contributed by atoms with E-state index in [0.29, 0.717) is 66.9 Å². The second kappa shape index (κ2) is 10.4. The molecule has 236 valence electrons. The zero-order chi connectivity index (χ0) is 31.1. The number of likely N-dealkylation sites (tertiary alicyclic amines) is 1. The van der Waals surface area contributed by atoms with Crippen molar-refractivity contribution in [3.05, 3.63) is 39.7 Å². The maximum atomic E-state index is 14.5. The smallest absolute Gasteiger partial charge is 0.310 e. The fraction of sp³-hybridized carbons (Fsp3) is 0.645. The quantitative estimate of drug-likeness (QED) is 0.454. The van der Waals surface area contributed by atoms with Gasteiger partial charge in [0.15, 0.2) is 0 Å². The number of carbonyl (C=O) groups excluding carboxylic acids is 2. The normalized spacial score (nSPS) is 30.0. The van der Waals surface area contributed by atoms with E-state index in [1.165, 1.54) is 7.05 Å². The molecular formula is C31H36ClF2N5O5. The molecule has 1 unspecified atom stereocenters. The molecule has 5 aliphatic rings. The summed E-state index contributed by atoms with van der Waals surface area (Å²) < 4.78 is 34.7. The Morgan fingerprint density at radius 1 is 1.23 bits per heavy atom. The lowest BCUT2D eigenvalue weighted by molar-refractivity contribution is -0.163. The highest BCUT2D eigenvalue weighted by Gasteiger charge is 2.59. The van der Waals surface area contributed by atoms with Crippen LogP contribution in [0.3, 0.4) is 0 Å². The van der Waals surface area contributed by atoms with Gasteiger partial charge in [-0.1, -0.05) is 16.8 Å². The van der Waals surface area contributed by atoms with Crippen molar-refractivity contribution in [1.82, 2.24) is 24.8 Å². The molecule has 1 spiro atoms. The largest absolute Gasteiger partial charge is 0.487 e. The summed E-state index contributed by atoms with van der Waals surface area (Å²) in [7, 11) is 1.39. The van der Waals surface area contributed by atoms with Crippen molar-refractivity contribution in [2.24, 2.45) is 35.6 Å². The minimum absolute atomic E-state index is 0.000961. The van der Waals surface area contributed by atoms with Crippen molar-refractivity contribution >= 4 is 29.4 Å². The minimum Gasteiger partial charge on any atom is -0.487 e. The summed E-state index contributed by atoms with van der Waals surface area (Å²) in [5.41, 5.74) is -0.141. The third kappa shape index (κ3) is 4.84. The number of hydrogen-bond donors (Lipinski definition) is 1. The van der Waals surface area contributed by atoms with Crippen molar-refractivity contribution in [3.8, 4) is 5.75 Å². The van der Waals surface area contributed by atoms with Gasteiger partial charge in [0, 0.05) is 43.7 Å². The Morgan fingerprint density at radius 2 is 2.00 bits per heavy atom. The molecule has 3 heterocycles. The summed E-state index contributed by atoms with van der Waals surface area (Å²) in [4.78, 5) is 43.9. The van der Waals surface area contributed by atoms with Crippen molar-refractivity contribution in [2.45, 2.75) is 70.9 Å². The van der Waals surface area contributed by atoms with Crippen molar-refractivity contribution in [3.63, 3.8) is 0 Å². The predicted octanol–water partition coefficient (Wildman–Crippen LogP) is 4.56. The van der Waals surface area contributed by atoms with Gasteiger partial charge >= 0.3 is 5.97 Å². The molecule has 1 N–H and O–H groups in total. The van der Waals surface area contributed by atoms with Crippen molar-refractivity contribution in [1.29, 1.82) is 0 Å². The molecule has 1 aromatic heterocycles. The van der Waals surface area contributed by atoms with Crippen LogP contribution < -0.4 is 4.74 Å². The Kier molecular flexibility index (Phi) is 6.95. The van der Waals surface area contributed by atoms with Gasteiger partial charge in [-0.2, -0.15) is 0 Å². The number of carboxylic acid groups (broad SMARTS) is 1. The molecule has 5 atom stereocenters. The number of fused-ring (bicyclic) bond motifs is 2. The zero-order valence-corrected chi connectivity index (χ0v) is 25.5. The molecule has 2 aromatic rings. The number of halogens is 3. The second-order valence-electron chi connectivity index (χ2n) is 13.8. The average molecular weight is 632 g/mol. The van der Waals surface area contributed by atoms with Gasteiger partial charge in [-0.25, -0.2) is 13.5 Å². The third-order valence-corrected chi connectivity index (χ3v) is 11.3. The maximum Gasteiger partial charge on any atom is 0.310 e. The van der Waals surface area contributed by atoms with Gasteiger partial charge in [-0.05, 0) is 80.4 Å². The first-order chi connectivity index (χ1) is 20.9. The number of aryl methyl sites for hydroxylation is 1. The SMILES string of the molecule is Cn1nnc(COc2ccc(Cl)c3c2[C@@H](CN2CC4(CC4)CC2=O)N(C(=O)[C@@H]2CC4C[C@H]4C[C@]2(C)C(=O)O)CC3)c1C(F)F. The van der Waals surface area contributed by atoms with E-state index < -0.39 is 29.8 Å². The monoisotopic (exact) mass is 631 g/mol. The van der Waals surface area contributed by atoms with Gasteiger partial charge < -0.3 is 19.6 Å². The minimum atomic E-state index is -2.80. The maximum absolute atomic E-state index is 14.5. The number of benzene rings is 1. The number of hydrogen-bond acceptors (Lipinski definition) is 6. The molecule has 4 fully saturated rings. The second-order valence-corrected chi connectivity index (χ2v) is 14.2. The molecule has 2 amide bonds. The molecule has 2 aliphatic heterocycles. The van der Waals surface area contributed by atoms with Gasteiger partial charge in [0.2, 0.25) is 11.8 Å². The Labute approximate surface area is 258 Å². The number of aromatic nitrogens is 3.